The van der Waals surface area contributed by atoms with E-state index in [1.54, 1.807) is 49.4 Å². The van der Waals surface area contributed by atoms with E-state index in [2.05, 4.69) is 10.5 Å². The third-order valence-electron chi connectivity index (χ3n) is 3.93. The maximum Gasteiger partial charge on any atom is 0.260 e. The molecule has 2 aromatic carbocycles. The van der Waals surface area contributed by atoms with E-state index in [1.807, 2.05) is 0 Å². The molecule has 2 rings (SSSR count). The number of rotatable bonds is 10. The molecule has 1 N–H and O–H groups in total. The van der Waals surface area contributed by atoms with Crippen molar-refractivity contribution in [1.82, 2.24) is 5.43 Å². The lowest BCUT2D eigenvalue weighted by molar-refractivity contribution is -0.119. The van der Waals surface area contributed by atoms with Crippen LogP contribution in [-0.2, 0) is 14.8 Å². The minimum absolute atomic E-state index is 0.279. The van der Waals surface area contributed by atoms with E-state index in [-0.39, 0.29) is 5.69 Å². The second-order valence-electron chi connectivity index (χ2n) is 6.08. The molecule has 1 amide bonds. The van der Waals surface area contributed by atoms with Gasteiger partial charge < -0.3 is 14.2 Å². The number of sulfonamides is 1. The second kappa shape index (κ2) is 10.5. The number of hydrogen-bond donors (Lipinski definition) is 1. The molecule has 0 spiro atoms. The molecule has 0 unspecified atom stereocenters. The van der Waals surface area contributed by atoms with Crippen molar-refractivity contribution >= 4 is 27.8 Å². The monoisotopic (exact) mass is 435 g/mol. The van der Waals surface area contributed by atoms with Crippen LogP contribution in [0.5, 0.6) is 17.2 Å². The molecule has 0 saturated carbocycles. The van der Waals surface area contributed by atoms with E-state index >= 15 is 0 Å². The summed E-state index contributed by atoms with van der Waals surface area (Å²) in [6, 6.07) is 11.7. The number of hydrogen-bond acceptors (Lipinski definition) is 7. The SMILES string of the molecule is CCOc1ccccc1N(CC(=O)N/N=C\c1ccc(OC)c(OC)c1)S(C)(=O)=O. The van der Waals surface area contributed by atoms with Crippen molar-refractivity contribution in [2.24, 2.45) is 5.10 Å². The predicted octanol–water partition coefficient (Wildman–Crippen LogP) is 2.02. The molecule has 0 aromatic heterocycles. The lowest BCUT2D eigenvalue weighted by Crippen LogP contribution is -2.39. The van der Waals surface area contributed by atoms with Crippen LogP contribution < -0.4 is 23.9 Å². The summed E-state index contributed by atoms with van der Waals surface area (Å²) in [6.07, 6.45) is 2.44. The quantitative estimate of drug-likeness (QED) is 0.452. The summed E-state index contributed by atoms with van der Waals surface area (Å²) < 4.78 is 41.4. The van der Waals surface area contributed by atoms with Gasteiger partial charge in [0.05, 0.1) is 39.0 Å². The van der Waals surface area contributed by atoms with Crippen molar-refractivity contribution in [1.29, 1.82) is 0 Å². The van der Waals surface area contributed by atoms with Gasteiger partial charge in [0.1, 0.15) is 12.3 Å². The normalized spacial score (nSPS) is 11.2. The highest BCUT2D eigenvalue weighted by molar-refractivity contribution is 7.92. The van der Waals surface area contributed by atoms with Crippen LogP contribution in [-0.4, -0.2) is 54.2 Å². The molecule has 0 aliphatic carbocycles. The molecule has 0 radical (unpaired) electrons. The predicted molar refractivity (Wildman–Crippen MR) is 115 cm³/mol. The molecular formula is C20H25N3O6S. The van der Waals surface area contributed by atoms with Gasteiger partial charge in [-0.2, -0.15) is 5.10 Å². The summed E-state index contributed by atoms with van der Waals surface area (Å²) in [4.78, 5) is 12.3. The summed E-state index contributed by atoms with van der Waals surface area (Å²) in [6.45, 7) is 1.69. The third kappa shape index (κ3) is 6.11. The number of methoxy groups -OCH3 is 2. The molecule has 0 fully saturated rings. The summed E-state index contributed by atoms with van der Waals surface area (Å²) >= 11 is 0. The van der Waals surface area contributed by atoms with Gasteiger partial charge in [0.25, 0.3) is 5.91 Å². The van der Waals surface area contributed by atoms with E-state index in [4.69, 9.17) is 14.2 Å². The molecule has 0 bridgehead atoms. The van der Waals surface area contributed by atoms with Crippen molar-refractivity contribution < 1.29 is 27.4 Å². The number of nitrogens with one attached hydrogen (secondary N) is 1. The number of anilines is 1. The maximum atomic E-state index is 12.3. The minimum Gasteiger partial charge on any atom is -0.493 e. The lowest BCUT2D eigenvalue weighted by atomic mass is 10.2. The summed E-state index contributed by atoms with van der Waals surface area (Å²) in [5.74, 6) is 0.842. The number of amides is 1. The minimum atomic E-state index is -3.74. The van der Waals surface area contributed by atoms with Gasteiger partial charge in [0.2, 0.25) is 10.0 Å². The molecule has 162 valence electrons. The van der Waals surface area contributed by atoms with Crippen LogP contribution in [0.25, 0.3) is 0 Å². The van der Waals surface area contributed by atoms with Crippen LogP contribution in [0.1, 0.15) is 12.5 Å². The molecule has 0 aliphatic rings. The van der Waals surface area contributed by atoms with E-state index in [1.165, 1.54) is 20.4 Å². The molecule has 2 aromatic rings. The number of benzene rings is 2. The number of carbonyl (C=O) groups is 1. The largest absolute Gasteiger partial charge is 0.493 e. The van der Waals surface area contributed by atoms with Crippen molar-refractivity contribution in [3.8, 4) is 17.2 Å². The number of nitrogens with zero attached hydrogens (tertiary/aromatic N) is 2. The van der Waals surface area contributed by atoms with Crippen LogP contribution in [0, 0.1) is 0 Å². The van der Waals surface area contributed by atoms with Gasteiger partial charge in [0.15, 0.2) is 11.5 Å². The molecular weight excluding hydrogens is 410 g/mol. The molecule has 0 atom stereocenters. The lowest BCUT2D eigenvalue weighted by Gasteiger charge is -2.23. The Morgan fingerprint density at radius 1 is 1.10 bits per heavy atom. The third-order valence-corrected chi connectivity index (χ3v) is 5.06. The highest BCUT2D eigenvalue weighted by Crippen LogP contribution is 2.29. The maximum absolute atomic E-state index is 12.3. The van der Waals surface area contributed by atoms with Crippen LogP contribution in [0.15, 0.2) is 47.6 Å². The first kappa shape index (κ1) is 23.0. The molecule has 10 heteroatoms. The fourth-order valence-electron chi connectivity index (χ4n) is 2.60. The highest BCUT2D eigenvalue weighted by atomic mass is 32.2. The Morgan fingerprint density at radius 3 is 2.43 bits per heavy atom. The summed E-state index contributed by atoms with van der Waals surface area (Å²) in [7, 11) is -0.692. The Labute approximate surface area is 176 Å². The van der Waals surface area contributed by atoms with Crippen LogP contribution >= 0.6 is 0 Å². The van der Waals surface area contributed by atoms with E-state index in [0.29, 0.717) is 29.4 Å². The zero-order valence-electron chi connectivity index (χ0n) is 17.3. The first-order valence-electron chi connectivity index (χ1n) is 9.03. The topological polar surface area (TPSA) is 107 Å². The van der Waals surface area contributed by atoms with Crippen molar-refractivity contribution in [2.45, 2.75) is 6.92 Å². The molecule has 0 aliphatic heterocycles. The first-order chi connectivity index (χ1) is 14.3. The zero-order valence-corrected chi connectivity index (χ0v) is 18.1. The first-order valence-corrected chi connectivity index (χ1v) is 10.9. The molecule has 0 saturated heterocycles. The Balaban J connectivity index is 2.13. The zero-order chi connectivity index (χ0) is 22.1. The number of ether oxygens (including phenoxy) is 3. The van der Waals surface area contributed by atoms with E-state index in [9.17, 15) is 13.2 Å². The Bertz CT molecular complexity index is 1010. The average Bonchev–Trinajstić information content (AvgIpc) is 2.72. The van der Waals surface area contributed by atoms with Gasteiger partial charge in [-0.15, -0.1) is 0 Å². The van der Waals surface area contributed by atoms with Gasteiger partial charge in [-0.25, -0.2) is 13.8 Å². The number of carbonyl (C=O) groups excluding carboxylic acids is 1. The second-order valence-corrected chi connectivity index (χ2v) is 7.98. The van der Waals surface area contributed by atoms with Crippen LogP contribution in [0.4, 0.5) is 5.69 Å². The van der Waals surface area contributed by atoms with Crippen molar-refractivity contribution in [2.75, 3.05) is 37.9 Å². The molecule has 30 heavy (non-hydrogen) atoms. The number of para-hydroxylation sites is 2. The van der Waals surface area contributed by atoms with Crippen LogP contribution in [0.3, 0.4) is 0 Å². The van der Waals surface area contributed by atoms with Gasteiger partial charge >= 0.3 is 0 Å². The van der Waals surface area contributed by atoms with Gasteiger partial charge in [-0.3, -0.25) is 9.10 Å². The van der Waals surface area contributed by atoms with Gasteiger partial charge in [-0.1, -0.05) is 12.1 Å². The van der Waals surface area contributed by atoms with Gasteiger partial charge in [0, 0.05) is 0 Å². The average molecular weight is 436 g/mol. The van der Waals surface area contributed by atoms with E-state index in [0.717, 1.165) is 10.6 Å². The van der Waals surface area contributed by atoms with Crippen LogP contribution in [0.2, 0.25) is 0 Å². The molecule has 9 nitrogen and oxygen atoms in total. The summed E-state index contributed by atoms with van der Waals surface area (Å²) in [5.41, 5.74) is 3.27. The fourth-order valence-corrected chi connectivity index (χ4v) is 3.46. The van der Waals surface area contributed by atoms with E-state index < -0.39 is 22.5 Å². The Morgan fingerprint density at radius 2 is 1.80 bits per heavy atom. The van der Waals surface area contributed by atoms with Crippen molar-refractivity contribution in [3.63, 3.8) is 0 Å². The Hall–Kier alpha value is -3.27. The molecule has 0 heterocycles. The standard InChI is InChI=1S/C20H25N3O6S/c1-5-29-17-9-7-6-8-16(17)23(30(4,25)26)14-20(24)22-21-13-15-10-11-18(27-2)19(12-15)28-3/h6-13H,5,14H2,1-4H3,(H,22,24)/b21-13-. The summed E-state index contributed by atoms with van der Waals surface area (Å²) in [5, 5.41) is 3.89. The van der Waals surface area contributed by atoms with Crippen molar-refractivity contribution in [3.05, 3.63) is 48.0 Å². The van der Waals surface area contributed by atoms with Gasteiger partial charge in [-0.05, 0) is 42.8 Å². The Kier molecular flexibility index (Phi) is 8.05. The fraction of sp³-hybridized carbons (Fsp3) is 0.300. The number of hydrazone groups is 1. The smallest absolute Gasteiger partial charge is 0.260 e. The highest BCUT2D eigenvalue weighted by Gasteiger charge is 2.23.